The number of para-hydroxylation sites is 3. The van der Waals surface area contributed by atoms with Crippen LogP contribution in [0.4, 0.5) is 0 Å². The molecular formula is C58H47N3O2. The van der Waals surface area contributed by atoms with Gasteiger partial charge in [0, 0.05) is 50.1 Å². The van der Waals surface area contributed by atoms with Gasteiger partial charge in [-0.05, 0) is 96.3 Å². The van der Waals surface area contributed by atoms with E-state index in [1.807, 2.05) is 12.1 Å². The molecule has 63 heavy (non-hydrogen) atoms. The van der Waals surface area contributed by atoms with Crippen LogP contribution >= 0.6 is 0 Å². The molecular weight excluding hydrogens is 771 g/mol. The Morgan fingerprint density at radius 1 is 0.587 bits per heavy atom. The second kappa shape index (κ2) is 16.3. The highest BCUT2D eigenvalue weighted by molar-refractivity contribution is 6.11. The Labute approximate surface area is 366 Å². The summed E-state index contributed by atoms with van der Waals surface area (Å²) in [5, 5.41) is 10.8. The van der Waals surface area contributed by atoms with Crippen LogP contribution in [0.25, 0.3) is 88.6 Å². The van der Waals surface area contributed by atoms with Gasteiger partial charge in [-0.15, -0.1) is 0 Å². The van der Waals surface area contributed by atoms with Crippen LogP contribution in [0.15, 0.2) is 201 Å². The van der Waals surface area contributed by atoms with E-state index in [9.17, 15) is 0 Å². The van der Waals surface area contributed by atoms with Gasteiger partial charge in [-0.2, -0.15) is 0 Å². The van der Waals surface area contributed by atoms with Crippen molar-refractivity contribution in [2.24, 2.45) is 4.99 Å². The lowest BCUT2D eigenvalue weighted by molar-refractivity contribution is 0.605. The first-order valence-electron chi connectivity index (χ1n) is 22.1. The average molecular weight is 818 g/mol. The fraction of sp³-hybridized carbons (Fsp3) is 0.121. The Bertz CT molecular complexity index is 3510. The van der Waals surface area contributed by atoms with Crippen LogP contribution in [-0.4, -0.2) is 16.9 Å². The van der Waals surface area contributed by atoms with E-state index in [0.29, 0.717) is 6.54 Å². The van der Waals surface area contributed by atoms with Gasteiger partial charge in [-0.1, -0.05) is 153 Å². The number of unbranched alkanes of at least 4 members (excludes halogenated alkanes) is 1. The third kappa shape index (κ3) is 7.15. The van der Waals surface area contributed by atoms with Gasteiger partial charge in [0.1, 0.15) is 28.2 Å². The number of furan rings is 2. The Morgan fingerprint density at radius 3 is 2.08 bits per heavy atom. The lowest BCUT2D eigenvalue weighted by Crippen LogP contribution is -2.27. The minimum atomic E-state index is -0.0843. The van der Waals surface area contributed by atoms with Gasteiger partial charge in [0.2, 0.25) is 0 Å². The normalized spacial score (nSPS) is 13.0. The first-order chi connectivity index (χ1) is 31.1. The molecule has 0 saturated heterocycles. The highest BCUT2D eigenvalue weighted by Gasteiger charge is 2.21. The first-order valence-corrected chi connectivity index (χ1v) is 22.1. The number of rotatable bonds is 11. The summed E-state index contributed by atoms with van der Waals surface area (Å²) >= 11 is 0. The third-order valence-electron chi connectivity index (χ3n) is 12.4. The monoisotopic (exact) mass is 817 g/mol. The summed E-state index contributed by atoms with van der Waals surface area (Å²) in [4.78, 5) is 5.60. The molecule has 3 heterocycles. The minimum absolute atomic E-state index is 0.0843. The molecule has 8 aromatic carbocycles. The number of amidine groups is 1. The van der Waals surface area contributed by atoms with Crippen molar-refractivity contribution >= 4 is 77.6 Å². The minimum Gasteiger partial charge on any atom is -0.456 e. The Morgan fingerprint density at radius 2 is 1.24 bits per heavy atom. The molecule has 0 aliphatic rings. The van der Waals surface area contributed by atoms with Gasteiger partial charge in [-0.3, -0.25) is 4.99 Å². The Kier molecular flexibility index (Phi) is 9.93. The topological polar surface area (TPSA) is 55.6 Å². The van der Waals surface area contributed by atoms with Crippen molar-refractivity contribution in [2.45, 2.75) is 39.2 Å². The predicted octanol–water partition coefficient (Wildman–Crippen LogP) is 15.6. The molecule has 0 fully saturated rings. The third-order valence-corrected chi connectivity index (χ3v) is 12.4. The summed E-state index contributed by atoms with van der Waals surface area (Å²) in [5.41, 5.74) is 13.9. The molecule has 5 nitrogen and oxygen atoms in total. The zero-order valence-corrected chi connectivity index (χ0v) is 35.5. The highest BCUT2D eigenvalue weighted by atomic mass is 16.3. The lowest BCUT2D eigenvalue weighted by Gasteiger charge is -2.18. The number of benzene rings is 8. The van der Waals surface area contributed by atoms with Gasteiger partial charge < -0.3 is 18.7 Å². The quantitative estimate of drug-likeness (QED) is 0.104. The Balaban J connectivity index is 0.947. The zero-order valence-electron chi connectivity index (χ0n) is 35.5. The maximum Gasteiger partial charge on any atom is 0.136 e. The number of aliphatic imine (C=N–C) groups is 1. The molecule has 0 aliphatic carbocycles. The number of nitrogens with zero attached hydrogens (tertiary/aromatic N) is 2. The van der Waals surface area contributed by atoms with Crippen LogP contribution < -0.4 is 5.32 Å². The molecule has 1 unspecified atom stereocenters. The van der Waals surface area contributed by atoms with E-state index in [0.717, 1.165) is 96.9 Å². The smallest absolute Gasteiger partial charge is 0.136 e. The van der Waals surface area contributed by atoms with Crippen LogP contribution in [-0.2, 0) is 0 Å². The number of nitrogens with one attached hydrogen (secondary N) is 1. The fourth-order valence-electron chi connectivity index (χ4n) is 9.37. The van der Waals surface area contributed by atoms with Crippen LogP contribution in [0.3, 0.4) is 0 Å². The van der Waals surface area contributed by atoms with E-state index in [1.54, 1.807) is 0 Å². The van der Waals surface area contributed by atoms with Crippen molar-refractivity contribution in [2.75, 3.05) is 6.54 Å². The van der Waals surface area contributed by atoms with Crippen molar-refractivity contribution in [3.63, 3.8) is 0 Å². The summed E-state index contributed by atoms with van der Waals surface area (Å²) in [6.45, 7) is 5.06. The number of hydrogen-bond acceptors (Lipinski definition) is 3. The second-order valence-electron chi connectivity index (χ2n) is 16.7. The summed E-state index contributed by atoms with van der Waals surface area (Å²) < 4.78 is 15.3. The molecule has 5 heteroatoms. The van der Waals surface area contributed by atoms with Crippen molar-refractivity contribution in [1.82, 2.24) is 9.88 Å². The van der Waals surface area contributed by atoms with Crippen LogP contribution in [0.5, 0.6) is 0 Å². The zero-order chi connectivity index (χ0) is 42.3. The molecule has 306 valence electrons. The molecule has 11 rings (SSSR count). The van der Waals surface area contributed by atoms with Gasteiger partial charge in [0.05, 0.1) is 17.1 Å². The van der Waals surface area contributed by atoms with Gasteiger partial charge in [-0.25, -0.2) is 0 Å². The first kappa shape index (κ1) is 38.3. The van der Waals surface area contributed by atoms with Crippen molar-refractivity contribution in [3.8, 4) is 16.8 Å². The molecule has 0 saturated carbocycles. The molecule has 3 aromatic heterocycles. The second-order valence-corrected chi connectivity index (χ2v) is 16.7. The summed E-state index contributed by atoms with van der Waals surface area (Å²) in [6, 6.07) is 64.4. The number of aromatic nitrogens is 1. The average Bonchev–Trinajstić information content (AvgIpc) is 4.00. The van der Waals surface area contributed by atoms with E-state index in [4.69, 9.17) is 13.8 Å². The molecule has 0 bridgehead atoms. The van der Waals surface area contributed by atoms with E-state index in [2.05, 4.69) is 200 Å². The van der Waals surface area contributed by atoms with Crippen LogP contribution in [0, 0.1) is 0 Å². The van der Waals surface area contributed by atoms with E-state index in [1.165, 1.54) is 32.9 Å². The van der Waals surface area contributed by atoms with Gasteiger partial charge in [0.25, 0.3) is 0 Å². The van der Waals surface area contributed by atoms with Crippen LogP contribution in [0.2, 0.25) is 0 Å². The van der Waals surface area contributed by atoms with Crippen LogP contribution in [0.1, 0.15) is 55.8 Å². The summed E-state index contributed by atoms with van der Waals surface area (Å²) in [5.74, 6) is 0.882. The maximum atomic E-state index is 6.72. The van der Waals surface area contributed by atoms with E-state index in [-0.39, 0.29) is 6.04 Å². The lowest BCUT2D eigenvalue weighted by atomic mass is 9.95. The number of fused-ring (bicyclic) bond motifs is 9. The van der Waals surface area contributed by atoms with E-state index < -0.39 is 0 Å². The Hall–Kier alpha value is -7.63. The summed E-state index contributed by atoms with van der Waals surface area (Å²) in [7, 11) is 0. The highest BCUT2D eigenvalue weighted by Crippen LogP contribution is 2.40. The molecule has 0 spiro atoms. The maximum absolute atomic E-state index is 6.72. The molecule has 0 amide bonds. The van der Waals surface area contributed by atoms with Gasteiger partial charge in [0.15, 0.2) is 0 Å². The molecule has 1 N–H and O–H groups in total. The van der Waals surface area contributed by atoms with Gasteiger partial charge >= 0.3 is 0 Å². The summed E-state index contributed by atoms with van der Waals surface area (Å²) in [6.07, 6.45) is 5.28. The largest absolute Gasteiger partial charge is 0.456 e. The number of hydrogen-bond donors (Lipinski definition) is 1. The standard InChI is InChI=1S/C58H47N3O2/c1-3-4-23-50(60-58(40-16-7-5-8-17-40)59-37-38(2)33-39-27-30-47-46-21-12-14-25-53(46)62-55(47)34-39)48-22-15-26-54-57(48)49-32-29-42(36-56(49)63-54)41-28-31-45-44-20-11-13-24-51(44)61(52(45)35-41)43-18-9-6-10-19-43/h5-22,24-36,50H,3-4,23,37H2,1-2H3,(H,59,60)/b38-33-. The molecule has 11 aromatic rings. The SMILES string of the molecule is CCCCC(/N=C(\NC/C(C)=C\c1ccc2c(c1)oc1ccccc12)c1ccccc1)c1cccc2oc3cc(-c4ccc5c6ccccc6n(-c6ccccc6)c5c4)ccc3c12. The van der Waals surface area contributed by atoms with Crippen molar-refractivity contribution in [3.05, 3.63) is 204 Å². The molecule has 0 radical (unpaired) electrons. The van der Waals surface area contributed by atoms with E-state index >= 15 is 0 Å². The predicted molar refractivity (Wildman–Crippen MR) is 264 cm³/mol. The molecule has 1 atom stereocenters. The van der Waals surface area contributed by atoms with Crippen molar-refractivity contribution < 1.29 is 8.83 Å². The fourth-order valence-corrected chi connectivity index (χ4v) is 9.37. The van der Waals surface area contributed by atoms with Crippen molar-refractivity contribution in [1.29, 1.82) is 0 Å². The molecule has 0 aliphatic heterocycles.